The third-order valence-electron chi connectivity index (χ3n) is 3.17. The Morgan fingerprint density at radius 3 is 2.25 bits per heavy atom. The van der Waals surface area contributed by atoms with Gasteiger partial charge in [-0.15, -0.1) is 0 Å². The van der Waals surface area contributed by atoms with Crippen LogP contribution in [0.25, 0.3) is 0 Å². The predicted octanol–water partition coefficient (Wildman–Crippen LogP) is 3.71. The van der Waals surface area contributed by atoms with Gasteiger partial charge in [-0.1, -0.05) is 36.4 Å². The summed E-state index contributed by atoms with van der Waals surface area (Å²) in [7, 11) is 0. The first-order chi connectivity index (χ1) is 9.58. The molecule has 1 atom stereocenters. The third-order valence-corrected chi connectivity index (χ3v) is 3.17. The van der Waals surface area contributed by atoms with Crippen LogP contribution < -0.4 is 10.1 Å². The first-order valence-corrected chi connectivity index (χ1v) is 6.66. The van der Waals surface area contributed by atoms with E-state index in [1.54, 1.807) is 6.92 Å². The molecule has 104 valence electrons. The van der Waals surface area contributed by atoms with Crippen molar-refractivity contribution in [1.82, 2.24) is 0 Å². The Morgan fingerprint density at radius 2 is 1.60 bits per heavy atom. The van der Waals surface area contributed by atoms with Gasteiger partial charge in [0, 0.05) is 5.69 Å². The van der Waals surface area contributed by atoms with Crippen LogP contribution in [0.1, 0.15) is 18.1 Å². The second-order valence-corrected chi connectivity index (χ2v) is 4.83. The van der Waals surface area contributed by atoms with Crippen molar-refractivity contribution in [2.45, 2.75) is 26.9 Å². The van der Waals surface area contributed by atoms with Gasteiger partial charge in [0.2, 0.25) is 0 Å². The molecule has 0 fully saturated rings. The Kier molecular flexibility index (Phi) is 4.41. The number of carbonyl (C=O) groups is 1. The number of ether oxygens (including phenoxy) is 1. The number of nitrogens with one attached hydrogen (secondary N) is 1. The van der Waals surface area contributed by atoms with Crippen LogP contribution in [-0.2, 0) is 4.79 Å². The molecule has 2 rings (SSSR count). The van der Waals surface area contributed by atoms with Gasteiger partial charge in [-0.05, 0) is 44.0 Å². The third kappa shape index (κ3) is 3.38. The van der Waals surface area contributed by atoms with E-state index in [0.717, 1.165) is 22.6 Å². The second kappa shape index (κ2) is 6.24. The van der Waals surface area contributed by atoms with Crippen molar-refractivity contribution >= 4 is 11.6 Å². The molecule has 0 heterocycles. The van der Waals surface area contributed by atoms with Gasteiger partial charge in [0.25, 0.3) is 5.91 Å². The lowest BCUT2D eigenvalue weighted by Crippen LogP contribution is -2.30. The monoisotopic (exact) mass is 269 g/mol. The van der Waals surface area contributed by atoms with Gasteiger partial charge in [-0.25, -0.2) is 0 Å². The summed E-state index contributed by atoms with van der Waals surface area (Å²) in [5.41, 5.74) is 2.87. The van der Waals surface area contributed by atoms with Crippen LogP contribution in [0.2, 0.25) is 0 Å². The Labute approximate surface area is 119 Å². The van der Waals surface area contributed by atoms with E-state index in [4.69, 9.17) is 4.74 Å². The number of amides is 1. The molecule has 3 heteroatoms. The number of aryl methyl sites for hydroxylation is 2. The average Bonchev–Trinajstić information content (AvgIpc) is 2.43. The molecule has 0 aromatic heterocycles. The SMILES string of the molecule is Cc1ccccc1NC(=O)[C@@H](C)Oc1ccccc1C. The summed E-state index contributed by atoms with van der Waals surface area (Å²) in [4.78, 5) is 12.1. The number of anilines is 1. The fourth-order valence-electron chi connectivity index (χ4n) is 1.88. The quantitative estimate of drug-likeness (QED) is 0.919. The molecular weight excluding hydrogens is 250 g/mol. The lowest BCUT2D eigenvalue weighted by Gasteiger charge is -2.16. The van der Waals surface area contributed by atoms with E-state index in [-0.39, 0.29) is 5.91 Å². The van der Waals surface area contributed by atoms with Crippen LogP contribution in [0.4, 0.5) is 5.69 Å². The maximum atomic E-state index is 12.1. The summed E-state index contributed by atoms with van der Waals surface area (Å²) >= 11 is 0. The van der Waals surface area contributed by atoms with Crippen molar-refractivity contribution in [2.75, 3.05) is 5.32 Å². The van der Waals surface area contributed by atoms with E-state index in [2.05, 4.69) is 5.32 Å². The van der Waals surface area contributed by atoms with Gasteiger partial charge in [-0.2, -0.15) is 0 Å². The summed E-state index contributed by atoms with van der Waals surface area (Å²) in [5.74, 6) is 0.586. The molecule has 1 amide bonds. The molecule has 0 unspecified atom stereocenters. The highest BCUT2D eigenvalue weighted by molar-refractivity contribution is 5.94. The van der Waals surface area contributed by atoms with Gasteiger partial charge in [0.05, 0.1) is 0 Å². The Bertz CT molecular complexity index is 607. The molecule has 3 nitrogen and oxygen atoms in total. The molecule has 0 aliphatic carbocycles. The van der Waals surface area contributed by atoms with E-state index in [9.17, 15) is 4.79 Å². The first-order valence-electron chi connectivity index (χ1n) is 6.66. The van der Waals surface area contributed by atoms with Crippen molar-refractivity contribution in [1.29, 1.82) is 0 Å². The van der Waals surface area contributed by atoms with Crippen molar-refractivity contribution < 1.29 is 9.53 Å². The van der Waals surface area contributed by atoms with E-state index in [0.29, 0.717) is 0 Å². The topological polar surface area (TPSA) is 38.3 Å². The molecule has 0 aliphatic rings. The van der Waals surface area contributed by atoms with Crippen molar-refractivity contribution in [3.05, 3.63) is 59.7 Å². The van der Waals surface area contributed by atoms with Crippen LogP contribution in [-0.4, -0.2) is 12.0 Å². The summed E-state index contributed by atoms with van der Waals surface area (Å²) in [6.45, 7) is 5.67. The van der Waals surface area contributed by atoms with Crippen LogP contribution >= 0.6 is 0 Å². The van der Waals surface area contributed by atoms with Crippen LogP contribution in [0, 0.1) is 13.8 Å². The molecule has 0 spiro atoms. The minimum absolute atomic E-state index is 0.150. The van der Waals surface area contributed by atoms with E-state index >= 15 is 0 Å². The molecule has 0 saturated heterocycles. The Balaban J connectivity index is 2.03. The molecule has 0 bridgehead atoms. The number of rotatable bonds is 4. The van der Waals surface area contributed by atoms with Gasteiger partial charge in [-0.3, -0.25) is 4.79 Å². The zero-order chi connectivity index (χ0) is 14.5. The molecule has 2 aromatic rings. The lowest BCUT2D eigenvalue weighted by molar-refractivity contribution is -0.122. The maximum Gasteiger partial charge on any atom is 0.265 e. The molecular formula is C17H19NO2. The second-order valence-electron chi connectivity index (χ2n) is 4.83. The zero-order valence-corrected chi connectivity index (χ0v) is 12.0. The van der Waals surface area contributed by atoms with Gasteiger partial charge < -0.3 is 10.1 Å². The highest BCUT2D eigenvalue weighted by Crippen LogP contribution is 2.19. The molecule has 0 saturated carbocycles. The predicted molar refractivity (Wildman–Crippen MR) is 81.1 cm³/mol. The molecule has 2 aromatic carbocycles. The number of hydrogen-bond donors (Lipinski definition) is 1. The number of para-hydroxylation sites is 2. The van der Waals surface area contributed by atoms with Crippen LogP contribution in [0.5, 0.6) is 5.75 Å². The normalized spacial score (nSPS) is 11.8. The summed E-state index contributed by atoms with van der Waals surface area (Å²) in [6.07, 6.45) is -0.546. The lowest BCUT2D eigenvalue weighted by atomic mass is 10.2. The van der Waals surface area contributed by atoms with Crippen LogP contribution in [0.3, 0.4) is 0 Å². The highest BCUT2D eigenvalue weighted by atomic mass is 16.5. The maximum absolute atomic E-state index is 12.1. The minimum atomic E-state index is -0.546. The Hall–Kier alpha value is -2.29. The van der Waals surface area contributed by atoms with Crippen molar-refractivity contribution in [3.63, 3.8) is 0 Å². The number of hydrogen-bond acceptors (Lipinski definition) is 2. The molecule has 1 N–H and O–H groups in total. The fourth-order valence-corrected chi connectivity index (χ4v) is 1.88. The molecule has 20 heavy (non-hydrogen) atoms. The van der Waals surface area contributed by atoms with E-state index in [1.165, 1.54) is 0 Å². The van der Waals surface area contributed by atoms with Crippen LogP contribution in [0.15, 0.2) is 48.5 Å². The number of carbonyl (C=O) groups excluding carboxylic acids is 1. The average molecular weight is 269 g/mol. The molecule has 0 aliphatic heterocycles. The summed E-state index contributed by atoms with van der Waals surface area (Å²) in [6, 6.07) is 15.4. The first kappa shape index (κ1) is 14.1. The standard InChI is InChI=1S/C17H19NO2/c1-12-8-4-6-10-15(12)18-17(19)14(3)20-16-11-7-5-9-13(16)2/h4-11,14H,1-3H3,(H,18,19)/t14-/m1/s1. The molecule has 0 radical (unpaired) electrons. The summed E-state index contributed by atoms with van der Waals surface area (Å²) < 4.78 is 5.71. The highest BCUT2D eigenvalue weighted by Gasteiger charge is 2.16. The van der Waals surface area contributed by atoms with E-state index in [1.807, 2.05) is 62.4 Å². The van der Waals surface area contributed by atoms with Crippen molar-refractivity contribution in [3.8, 4) is 5.75 Å². The van der Waals surface area contributed by atoms with Crippen molar-refractivity contribution in [2.24, 2.45) is 0 Å². The zero-order valence-electron chi connectivity index (χ0n) is 12.0. The van der Waals surface area contributed by atoms with Gasteiger partial charge in [0.15, 0.2) is 6.10 Å². The number of benzene rings is 2. The Morgan fingerprint density at radius 1 is 1.00 bits per heavy atom. The van der Waals surface area contributed by atoms with Gasteiger partial charge >= 0.3 is 0 Å². The largest absolute Gasteiger partial charge is 0.481 e. The summed E-state index contributed by atoms with van der Waals surface area (Å²) in [5, 5.41) is 2.89. The minimum Gasteiger partial charge on any atom is -0.481 e. The smallest absolute Gasteiger partial charge is 0.265 e. The van der Waals surface area contributed by atoms with E-state index < -0.39 is 6.10 Å². The fraction of sp³-hybridized carbons (Fsp3) is 0.235. The van der Waals surface area contributed by atoms with Gasteiger partial charge in [0.1, 0.15) is 5.75 Å².